The van der Waals surface area contributed by atoms with Crippen LogP contribution in [-0.2, 0) is 0 Å². The van der Waals surface area contributed by atoms with Crippen molar-refractivity contribution in [1.82, 2.24) is 9.97 Å². The first-order chi connectivity index (χ1) is 5.83. The Morgan fingerprint density at radius 2 is 2.50 bits per heavy atom. The van der Waals surface area contributed by atoms with Crippen LogP contribution in [0.4, 0.5) is 5.82 Å². The summed E-state index contributed by atoms with van der Waals surface area (Å²) in [6.45, 7) is 0.478. The van der Waals surface area contributed by atoms with E-state index in [1.807, 2.05) is 0 Å². The zero-order chi connectivity index (χ0) is 8.81. The Labute approximate surface area is 70.6 Å². The number of rotatable bonds is 4. The summed E-state index contributed by atoms with van der Waals surface area (Å²) >= 11 is 0. The van der Waals surface area contributed by atoms with Crippen LogP contribution in [0.15, 0.2) is 18.6 Å². The molecule has 1 heterocycles. The third-order valence-corrected chi connectivity index (χ3v) is 1.36. The smallest absolute Gasteiger partial charge is 0.129 e. The molecule has 5 nitrogen and oxygen atoms in total. The molecule has 1 aromatic heterocycles. The fourth-order valence-corrected chi connectivity index (χ4v) is 0.695. The molecule has 66 valence electrons. The molecule has 0 aromatic carbocycles. The lowest BCUT2D eigenvalue weighted by molar-refractivity contribution is 0.270. The zero-order valence-corrected chi connectivity index (χ0v) is 6.64. The maximum atomic E-state index is 8.62. The van der Waals surface area contributed by atoms with Gasteiger partial charge in [-0.3, -0.25) is 0 Å². The number of aliphatic hydroxyl groups is 1. The summed E-state index contributed by atoms with van der Waals surface area (Å²) < 4.78 is 0. The number of nitrogens with one attached hydrogen (secondary N) is 1. The van der Waals surface area contributed by atoms with Gasteiger partial charge in [0.25, 0.3) is 0 Å². The molecule has 1 unspecified atom stereocenters. The van der Waals surface area contributed by atoms with Crippen molar-refractivity contribution >= 4 is 5.82 Å². The molecule has 1 aromatic rings. The van der Waals surface area contributed by atoms with Crippen molar-refractivity contribution in [2.45, 2.75) is 6.04 Å². The van der Waals surface area contributed by atoms with E-state index in [9.17, 15) is 0 Å². The predicted molar refractivity (Wildman–Crippen MR) is 45.6 cm³/mol. The lowest BCUT2D eigenvalue weighted by atomic mass is 10.3. The monoisotopic (exact) mass is 168 g/mol. The maximum absolute atomic E-state index is 8.62. The number of nitrogens with zero attached hydrogens (tertiary/aromatic N) is 2. The minimum Gasteiger partial charge on any atom is -0.395 e. The fraction of sp³-hybridized carbons (Fsp3) is 0.429. The van der Waals surface area contributed by atoms with E-state index in [4.69, 9.17) is 10.8 Å². The Balaban J connectivity index is 2.33. The van der Waals surface area contributed by atoms with Crippen LogP contribution in [0.25, 0.3) is 0 Å². The molecule has 12 heavy (non-hydrogen) atoms. The number of hydrogen-bond donors (Lipinski definition) is 3. The van der Waals surface area contributed by atoms with Gasteiger partial charge in [0.2, 0.25) is 0 Å². The van der Waals surface area contributed by atoms with Crippen LogP contribution in [0, 0.1) is 0 Å². The van der Waals surface area contributed by atoms with Crippen molar-refractivity contribution in [3.05, 3.63) is 18.6 Å². The van der Waals surface area contributed by atoms with E-state index < -0.39 is 0 Å². The Bertz CT molecular complexity index is 216. The normalized spacial score (nSPS) is 12.5. The van der Waals surface area contributed by atoms with Crippen LogP contribution in [0.1, 0.15) is 0 Å². The second-order valence-corrected chi connectivity index (χ2v) is 2.42. The van der Waals surface area contributed by atoms with E-state index in [1.165, 1.54) is 6.33 Å². The van der Waals surface area contributed by atoms with Crippen LogP contribution in [-0.4, -0.2) is 34.3 Å². The molecule has 0 radical (unpaired) electrons. The second-order valence-electron chi connectivity index (χ2n) is 2.42. The van der Waals surface area contributed by atoms with Gasteiger partial charge in [-0.2, -0.15) is 0 Å². The first-order valence-corrected chi connectivity index (χ1v) is 3.69. The van der Waals surface area contributed by atoms with Crippen LogP contribution in [0.5, 0.6) is 0 Å². The van der Waals surface area contributed by atoms with Gasteiger partial charge in [-0.05, 0) is 6.07 Å². The lowest BCUT2D eigenvalue weighted by Crippen LogP contribution is -2.32. The molecule has 0 bridgehead atoms. The van der Waals surface area contributed by atoms with Gasteiger partial charge in [-0.25, -0.2) is 9.97 Å². The Morgan fingerprint density at radius 1 is 1.67 bits per heavy atom. The third-order valence-electron chi connectivity index (χ3n) is 1.36. The van der Waals surface area contributed by atoms with Crippen LogP contribution in [0.3, 0.4) is 0 Å². The summed E-state index contributed by atoms with van der Waals surface area (Å²) in [5, 5.41) is 11.6. The molecule has 0 saturated carbocycles. The van der Waals surface area contributed by atoms with E-state index in [1.54, 1.807) is 12.3 Å². The Hall–Kier alpha value is -1.20. The molecular formula is C7H12N4O. The predicted octanol–water partition coefficient (Wildman–Crippen LogP) is -0.792. The highest BCUT2D eigenvalue weighted by Gasteiger charge is 1.98. The van der Waals surface area contributed by atoms with E-state index in [0.717, 1.165) is 0 Å². The van der Waals surface area contributed by atoms with Crippen LogP contribution < -0.4 is 11.1 Å². The summed E-state index contributed by atoms with van der Waals surface area (Å²) in [7, 11) is 0. The number of nitrogens with two attached hydrogens (primary N) is 1. The van der Waals surface area contributed by atoms with E-state index in [-0.39, 0.29) is 12.6 Å². The van der Waals surface area contributed by atoms with Crippen molar-refractivity contribution < 1.29 is 5.11 Å². The summed E-state index contributed by atoms with van der Waals surface area (Å²) in [5.41, 5.74) is 5.46. The molecule has 0 amide bonds. The first-order valence-electron chi connectivity index (χ1n) is 3.69. The Morgan fingerprint density at radius 3 is 3.08 bits per heavy atom. The van der Waals surface area contributed by atoms with Crippen molar-refractivity contribution in [3.8, 4) is 0 Å². The average molecular weight is 168 g/mol. The highest BCUT2D eigenvalue weighted by molar-refractivity contribution is 5.31. The van der Waals surface area contributed by atoms with Gasteiger partial charge < -0.3 is 16.2 Å². The largest absolute Gasteiger partial charge is 0.395 e. The van der Waals surface area contributed by atoms with E-state index in [0.29, 0.717) is 12.4 Å². The minimum absolute atomic E-state index is 0.0297. The lowest BCUT2D eigenvalue weighted by Gasteiger charge is -2.09. The van der Waals surface area contributed by atoms with Gasteiger partial charge in [-0.1, -0.05) is 0 Å². The second kappa shape index (κ2) is 4.63. The molecule has 0 aliphatic heterocycles. The quantitative estimate of drug-likeness (QED) is 0.548. The highest BCUT2D eigenvalue weighted by Crippen LogP contribution is 1.96. The number of anilines is 1. The first kappa shape index (κ1) is 8.89. The molecule has 1 atom stereocenters. The summed E-state index contributed by atoms with van der Waals surface area (Å²) in [6, 6.07) is 1.49. The van der Waals surface area contributed by atoms with Crippen molar-refractivity contribution in [1.29, 1.82) is 0 Å². The molecule has 1 rings (SSSR count). The molecule has 0 aliphatic rings. The van der Waals surface area contributed by atoms with Gasteiger partial charge >= 0.3 is 0 Å². The van der Waals surface area contributed by atoms with Crippen molar-refractivity contribution in [2.75, 3.05) is 18.5 Å². The zero-order valence-electron chi connectivity index (χ0n) is 6.64. The highest BCUT2D eigenvalue weighted by atomic mass is 16.3. The Kier molecular flexibility index (Phi) is 3.43. The molecular weight excluding hydrogens is 156 g/mol. The maximum Gasteiger partial charge on any atom is 0.129 e. The molecule has 0 fully saturated rings. The van der Waals surface area contributed by atoms with E-state index in [2.05, 4.69) is 15.3 Å². The molecule has 0 aliphatic carbocycles. The SMILES string of the molecule is NC(CO)CNc1ccncn1. The molecule has 5 heteroatoms. The summed E-state index contributed by atoms with van der Waals surface area (Å²) in [5.74, 6) is 0.717. The molecule has 0 saturated heterocycles. The van der Waals surface area contributed by atoms with Gasteiger partial charge in [-0.15, -0.1) is 0 Å². The summed E-state index contributed by atoms with van der Waals surface area (Å²) in [4.78, 5) is 7.69. The van der Waals surface area contributed by atoms with Crippen molar-refractivity contribution in [2.24, 2.45) is 5.73 Å². The van der Waals surface area contributed by atoms with Crippen molar-refractivity contribution in [3.63, 3.8) is 0 Å². The number of hydrogen-bond acceptors (Lipinski definition) is 5. The minimum atomic E-state index is -0.250. The summed E-state index contributed by atoms with van der Waals surface area (Å²) in [6.07, 6.45) is 3.09. The topological polar surface area (TPSA) is 84.1 Å². The van der Waals surface area contributed by atoms with Gasteiger partial charge in [0.05, 0.1) is 6.61 Å². The van der Waals surface area contributed by atoms with Gasteiger partial charge in [0.1, 0.15) is 12.1 Å². The fourth-order valence-electron chi connectivity index (χ4n) is 0.695. The van der Waals surface area contributed by atoms with Gasteiger partial charge in [0, 0.05) is 18.8 Å². The number of aliphatic hydroxyl groups excluding tert-OH is 1. The number of aromatic nitrogens is 2. The van der Waals surface area contributed by atoms with Crippen LogP contribution in [0.2, 0.25) is 0 Å². The van der Waals surface area contributed by atoms with Crippen LogP contribution >= 0.6 is 0 Å². The third kappa shape index (κ3) is 2.81. The average Bonchev–Trinajstić information content (AvgIpc) is 2.16. The van der Waals surface area contributed by atoms with E-state index >= 15 is 0 Å². The van der Waals surface area contributed by atoms with Gasteiger partial charge in [0.15, 0.2) is 0 Å². The standard InChI is InChI=1S/C7H12N4O/c8-6(4-12)3-10-7-1-2-9-5-11-7/h1-2,5-6,12H,3-4,8H2,(H,9,10,11). The molecule has 0 spiro atoms. The molecule has 4 N–H and O–H groups in total.